The third-order valence-corrected chi connectivity index (χ3v) is 9.13. The molecule has 4 rings (SSSR count). The normalized spacial score (nSPS) is 16.4. The molecule has 0 radical (unpaired) electrons. The Kier molecular flexibility index (Phi) is 6.73. The smallest absolute Gasteiger partial charge is 0.292 e. The summed E-state index contributed by atoms with van der Waals surface area (Å²) in [6.07, 6.45) is -4.30. The van der Waals surface area contributed by atoms with Crippen LogP contribution in [0.1, 0.15) is 16.7 Å². The number of hydrogen-bond donors (Lipinski definition) is 0. The quantitative estimate of drug-likeness (QED) is 0.484. The van der Waals surface area contributed by atoms with Gasteiger partial charge in [0.1, 0.15) is 5.00 Å². The van der Waals surface area contributed by atoms with Gasteiger partial charge in [-0.1, -0.05) is 48.0 Å². The molecule has 1 aliphatic heterocycles. The van der Waals surface area contributed by atoms with Crippen molar-refractivity contribution in [2.45, 2.75) is 26.6 Å². The molecule has 0 aliphatic carbocycles. The Labute approximate surface area is 196 Å². The number of rotatable bonds is 6. The Hall–Kier alpha value is -2.14. The Morgan fingerprint density at radius 3 is 2.21 bits per heavy atom. The molecule has 1 aliphatic rings. The SMILES string of the molecule is Cc1ccc(CN(c2sc3ccccc3c2C)S(=O)(=O)N2CCN(CC(F)(F)F)CC2)cc1. The minimum Gasteiger partial charge on any atom is -0.292 e. The summed E-state index contributed by atoms with van der Waals surface area (Å²) in [5.41, 5.74) is 2.80. The van der Waals surface area contributed by atoms with Crippen molar-refractivity contribution in [2.75, 3.05) is 37.0 Å². The molecule has 3 aromatic rings. The molecule has 0 saturated carbocycles. The summed E-state index contributed by atoms with van der Waals surface area (Å²) in [5.74, 6) is 0. The highest BCUT2D eigenvalue weighted by atomic mass is 32.2. The highest BCUT2D eigenvalue weighted by Crippen LogP contribution is 2.40. The van der Waals surface area contributed by atoms with Gasteiger partial charge in [-0.3, -0.25) is 4.90 Å². The predicted octanol–water partition coefficient (Wildman–Crippen LogP) is 4.95. The number of piperazine rings is 1. The first-order valence-corrected chi connectivity index (χ1v) is 12.9. The third-order valence-electron chi connectivity index (χ3n) is 5.83. The number of alkyl halides is 3. The number of hydrogen-bond acceptors (Lipinski definition) is 4. The Bertz CT molecular complexity index is 1220. The number of anilines is 1. The van der Waals surface area contributed by atoms with Crippen LogP contribution in [0.15, 0.2) is 48.5 Å². The summed E-state index contributed by atoms with van der Waals surface area (Å²) in [6.45, 7) is 3.13. The zero-order valence-corrected chi connectivity index (χ0v) is 20.1. The monoisotopic (exact) mass is 497 g/mol. The molecule has 0 bridgehead atoms. The van der Waals surface area contributed by atoms with Gasteiger partial charge >= 0.3 is 16.4 Å². The number of nitrogens with zero attached hydrogens (tertiary/aromatic N) is 3. The van der Waals surface area contributed by atoms with Crippen molar-refractivity contribution >= 4 is 36.6 Å². The summed E-state index contributed by atoms with van der Waals surface area (Å²) in [7, 11) is -3.95. The fourth-order valence-electron chi connectivity index (χ4n) is 4.03. The average Bonchev–Trinajstić information content (AvgIpc) is 3.09. The van der Waals surface area contributed by atoms with Gasteiger partial charge in [-0.2, -0.15) is 25.9 Å². The van der Waals surface area contributed by atoms with Gasteiger partial charge in [0.15, 0.2) is 0 Å². The summed E-state index contributed by atoms with van der Waals surface area (Å²) < 4.78 is 69.6. The lowest BCUT2D eigenvalue weighted by atomic mass is 10.1. The van der Waals surface area contributed by atoms with Crippen molar-refractivity contribution in [1.29, 1.82) is 0 Å². The maximum absolute atomic E-state index is 13.8. The van der Waals surface area contributed by atoms with E-state index in [9.17, 15) is 21.6 Å². The van der Waals surface area contributed by atoms with E-state index in [0.29, 0.717) is 5.00 Å². The van der Waals surface area contributed by atoms with E-state index in [-0.39, 0.29) is 32.7 Å². The molecule has 5 nitrogen and oxygen atoms in total. The number of fused-ring (bicyclic) bond motifs is 1. The molecule has 33 heavy (non-hydrogen) atoms. The van der Waals surface area contributed by atoms with Gasteiger partial charge in [-0.25, -0.2) is 4.31 Å². The minimum atomic E-state index is -4.30. The van der Waals surface area contributed by atoms with E-state index in [1.165, 1.54) is 24.8 Å². The van der Waals surface area contributed by atoms with Crippen LogP contribution in [0, 0.1) is 13.8 Å². The summed E-state index contributed by atoms with van der Waals surface area (Å²) >= 11 is 1.41. The summed E-state index contributed by atoms with van der Waals surface area (Å²) in [4.78, 5) is 1.25. The van der Waals surface area contributed by atoms with E-state index in [2.05, 4.69) is 0 Å². The second-order valence-electron chi connectivity index (χ2n) is 8.32. The fraction of sp³-hybridized carbons (Fsp3) is 0.391. The van der Waals surface area contributed by atoms with E-state index < -0.39 is 22.9 Å². The molecule has 1 aromatic heterocycles. The molecule has 2 heterocycles. The van der Waals surface area contributed by atoms with Crippen LogP contribution in [0.5, 0.6) is 0 Å². The molecule has 10 heteroatoms. The van der Waals surface area contributed by atoms with Crippen molar-refractivity contribution < 1.29 is 21.6 Å². The molecule has 1 saturated heterocycles. The summed E-state index contributed by atoms with van der Waals surface area (Å²) in [6, 6.07) is 15.5. The lowest BCUT2D eigenvalue weighted by Gasteiger charge is -2.37. The van der Waals surface area contributed by atoms with E-state index in [0.717, 1.165) is 26.8 Å². The Balaban J connectivity index is 1.66. The number of halogens is 3. The topological polar surface area (TPSA) is 43.9 Å². The van der Waals surface area contributed by atoms with E-state index >= 15 is 0 Å². The zero-order chi connectivity index (χ0) is 23.8. The molecule has 0 spiro atoms. The van der Waals surface area contributed by atoms with E-state index in [4.69, 9.17) is 0 Å². The van der Waals surface area contributed by atoms with Crippen LogP contribution in [-0.2, 0) is 16.8 Å². The maximum atomic E-state index is 13.8. The third kappa shape index (κ3) is 5.34. The Morgan fingerprint density at radius 1 is 0.970 bits per heavy atom. The van der Waals surface area contributed by atoms with E-state index in [1.807, 2.05) is 62.4 Å². The lowest BCUT2D eigenvalue weighted by Crippen LogP contribution is -2.54. The highest BCUT2D eigenvalue weighted by Gasteiger charge is 2.37. The van der Waals surface area contributed by atoms with Crippen LogP contribution >= 0.6 is 11.3 Å². The standard InChI is InChI=1S/C23H26F3N3O2S2/c1-17-7-9-19(10-8-17)15-29(22-18(2)20-5-3-4-6-21(20)32-22)33(30,31)28-13-11-27(12-14-28)16-23(24,25)26/h3-10H,11-16H2,1-2H3. The number of benzene rings is 2. The molecule has 0 unspecified atom stereocenters. The van der Waals surface area contributed by atoms with Crippen molar-refractivity contribution in [3.05, 3.63) is 65.2 Å². The average molecular weight is 498 g/mol. The van der Waals surface area contributed by atoms with Crippen molar-refractivity contribution in [3.63, 3.8) is 0 Å². The van der Waals surface area contributed by atoms with Crippen LogP contribution in [-0.4, -0.2) is 56.5 Å². The van der Waals surface area contributed by atoms with Crippen LogP contribution in [0.3, 0.4) is 0 Å². The molecular weight excluding hydrogens is 471 g/mol. The maximum Gasteiger partial charge on any atom is 0.401 e. The van der Waals surface area contributed by atoms with Crippen LogP contribution in [0.25, 0.3) is 10.1 Å². The molecule has 178 valence electrons. The first-order valence-electron chi connectivity index (χ1n) is 10.7. The van der Waals surface area contributed by atoms with Gasteiger partial charge < -0.3 is 0 Å². The van der Waals surface area contributed by atoms with Gasteiger partial charge in [-0.15, -0.1) is 11.3 Å². The largest absolute Gasteiger partial charge is 0.401 e. The molecule has 1 fully saturated rings. The van der Waals surface area contributed by atoms with Gasteiger partial charge in [-0.05, 0) is 36.4 Å². The Morgan fingerprint density at radius 2 is 1.61 bits per heavy atom. The number of thiophene rings is 1. The first kappa shape index (κ1) is 24.0. The highest BCUT2D eigenvalue weighted by molar-refractivity contribution is 7.90. The lowest BCUT2D eigenvalue weighted by molar-refractivity contribution is -0.148. The van der Waals surface area contributed by atoms with Gasteiger partial charge in [0.25, 0.3) is 0 Å². The second-order valence-corrected chi connectivity index (χ2v) is 11.2. The summed E-state index contributed by atoms with van der Waals surface area (Å²) in [5, 5.41) is 1.63. The molecule has 0 N–H and O–H groups in total. The molecule has 0 atom stereocenters. The number of aryl methyl sites for hydroxylation is 2. The van der Waals surface area contributed by atoms with Gasteiger partial charge in [0, 0.05) is 30.9 Å². The van der Waals surface area contributed by atoms with Crippen LogP contribution < -0.4 is 4.31 Å². The second kappa shape index (κ2) is 9.25. The molecule has 0 amide bonds. The van der Waals surface area contributed by atoms with Crippen molar-refractivity contribution in [2.24, 2.45) is 0 Å². The van der Waals surface area contributed by atoms with Crippen LogP contribution in [0.4, 0.5) is 18.2 Å². The zero-order valence-electron chi connectivity index (χ0n) is 18.5. The first-order chi connectivity index (χ1) is 15.5. The molecule has 2 aromatic carbocycles. The van der Waals surface area contributed by atoms with Gasteiger partial charge in [0.05, 0.1) is 13.1 Å². The van der Waals surface area contributed by atoms with Crippen molar-refractivity contribution in [3.8, 4) is 0 Å². The van der Waals surface area contributed by atoms with Crippen molar-refractivity contribution in [1.82, 2.24) is 9.21 Å². The predicted molar refractivity (Wildman–Crippen MR) is 127 cm³/mol. The fourth-order valence-corrected chi connectivity index (χ4v) is 7.10. The van der Waals surface area contributed by atoms with Crippen LogP contribution in [0.2, 0.25) is 0 Å². The van der Waals surface area contributed by atoms with E-state index in [1.54, 1.807) is 0 Å². The minimum absolute atomic E-state index is 0.0206. The molecular formula is C23H26F3N3O2S2. The van der Waals surface area contributed by atoms with Gasteiger partial charge in [0.2, 0.25) is 0 Å².